The Kier molecular flexibility index (Phi) is 5.76. The summed E-state index contributed by atoms with van der Waals surface area (Å²) in [5, 5.41) is 0. The molecular weight excluding hydrogens is 388 g/mol. The number of rotatable bonds is 5. The van der Waals surface area contributed by atoms with Gasteiger partial charge in [-0.05, 0) is 83.3 Å². The Labute approximate surface area is 173 Å². The van der Waals surface area contributed by atoms with Crippen LogP contribution < -0.4 is 0 Å². The van der Waals surface area contributed by atoms with E-state index in [9.17, 15) is 17.6 Å². The highest BCUT2D eigenvalue weighted by atomic mass is 19.2. The molecule has 0 aliphatic heterocycles. The molecule has 0 bridgehead atoms. The second-order valence-electron chi connectivity index (χ2n) is 7.75. The third-order valence-electron chi connectivity index (χ3n) is 5.66. The highest BCUT2D eigenvalue weighted by molar-refractivity contribution is 5.85. The van der Waals surface area contributed by atoms with Gasteiger partial charge < -0.3 is 0 Å². The molecule has 0 unspecified atom stereocenters. The van der Waals surface area contributed by atoms with Crippen LogP contribution in [0.2, 0.25) is 0 Å². The Morgan fingerprint density at radius 2 is 1.47 bits per heavy atom. The molecular formula is C26H22F4. The zero-order valence-electron chi connectivity index (χ0n) is 16.7. The molecule has 0 spiro atoms. The number of fused-ring (bicyclic) bond motifs is 1. The van der Waals surface area contributed by atoms with Crippen LogP contribution in [0.1, 0.15) is 48.4 Å². The number of hydrogen-bond donors (Lipinski definition) is 0. The number of allylic oxidation sites excluding steroid dienone is 1. The molecule has 3 aromatic rings. The Morgan fingerprint density at radius 1 is 0.767 bits per heavy atom. The van der Waals surface area contributed by atoms with Crippen molar-refractivity contribution in [2.45, 2.75) is 39.0 Å². The van der Waals surface area contributed by atoms with Crippen molar-refractivity contribution in [3.63, 3.8) is 0 Å². The summed E-state index contributed by atoms with van der Waals surface area (Å²) in [6.07, 6.45) is 6.85. The summed E-state index contributed by atoms with van der Waals surface area (Å²) in [5.74, 6) is -4.80. The van der Waals surface area contributed by atoms with Crippen molar-refractivity contribution in [3.8, 4) is 11.1 Å². The molecule has 0 atom stereocenters. The number of hydrogen-bond acceptors (Lipinski definition) is 0. The van der Waals surface area contributed by atoms with Crippen LogP contribution >= 0.6 is 0 Å². The van der Waals surface area contributed by atoms with E-state index in [0.717, 1.165) is 53.7 Å². The van der Waals surface area contributed by atoms with Crippen LogP contribution in [-0.2, 0) is 12.8 Å². The van der Waals surface area contributed by atoms with E-state index in [-0.39, 0.29) is 11.1 Å². The number of aryl methyl sites for hydroxylation is 2. The van der Waals surface area contributed by atoms with E-state index in [4.69, 9.17) is 0 Å². The Morgan fingerprint density at radius 3 is 2.13 bits per heavy atom. The van der Waals surface area contributed by atoms with Crippen LogP contribution in [-0.4, -0.2) is 0 Å². The SMILES string of the molecule is CCCCc1ccc(C2=Cc3cc(F)c(-c4cc(F)c(F)c(F)c4)cc3CC2)cc1. The van der Waals surface area contributed by atoms with Gasteiger partial charge in [0, 0.05) is 5.56 Å². The molecule has 154 valence electrons. The smallest absolute Gasteiger partial charge is 0.194 e. The summed E-state index contributed by atoms with van der Waals surface area (Å²) in [6, 6.07) is 13.1. The minimum atomic E-state index is -1.55. The summed E-state index contributed by atoms with van der Waals surface area (Å²) in [7, 11) is 0. The normalized spacial score (nSPS) is 13.2. The molecule has 0 amide bonds. The molecule has 3 aromatic carbocycles. The zero-order valence-corrected chi connectivity index (χ0v) is 16.7. The highest BCUT2D eigenvalue weighted by Crippen LogP contribution is 2.35. The van der Waals surface area contributed by atoms with Crippen molar-refractivity contribution in [2.24, 2.45) is 0 Å². The van der Waals surface area contributed by atoms with Gasteiger partial charge in [-0.1, -0.05) is 43.7 Å². The van der Waals surface area contributed by atoms with E-state index in [1.807, 2.05) is 6.08 Å². The summed E-state index contributed by atoms with van der Waals surface area (Å²) in [4.78, 5) is 0. The standard InChI is InChI=1S/C26H22F4/c1-2-3-4-16-5-7-17(8-6-16)18-9-10-19-12-22(23(27)13-20(19)11-18)21-14-24(28)26(30)25(29)15-21/h5-8,11-15H,2-4,9-10H2,1H3. The lowest BCUT2D eigenvalue weighted by molar-refractivity contribution is 0.447. The molecule has 0 saturated heterocycles. The van der Waals surface area contributed by atoms with Gasteiger partial charge in [-0.15, -0.1) is 0 Å². The van der Waals surface area contributed by atoms with Crippen LogP contribution in [0.25, 0.3) is 22.8 Å². The summed E-state index contributed by atoms with van der Waals surface area (Å²) >= 11 is 0. The topological polar surface area (TPSA) is 0 Å². The first-order chi connectivity index (χ1) is 14.5. The fourth-order valence-corrected chi connectivity index (χ4v) is 3.94. The fraction of sp³-hybridized carbons (Fsp3) is 0.231. The van der Waals surface area contributed by atoms with Crippen molar-refractivity contribution in [3.05, 3.63) is 94.1 Å². The molecule has 0 N–H and O–H groups in total. The van der Waals surface area contributed by atoms with E-state index in [2.05, 4.69) is 31.2 Å². The average Bonchev–Trinajstić information content (AvgIpc) is 2.75. The van der Waals surface area contributed by atoms with Gasteiger partial charge in [0.15, 0.2) is 17.5 Å². The largest absolute Gasteiger partial charge is 0.206 e. The number of benzene rings is 3. The molecule has 0 fully saturated rings. The van der Waals surface area contributed by atoms with Crippen LogP contribution in [0.5, 0.6) is 0 Å². The first kappa shape index (κ1) is 20.4. The van der Waals surface area contributed by atoms with Gasteiger partial charge >= 0.3 is 0 Å². The third kappa shape index (κ3) is 4.04. The monoisotopic (exact) mass is 410 g/mol. The van der Waals surface area contributed by atoms with Crippen molar-refractivity contribution >= 4 is 11.6 Å². The van der Waals surface area contributed by atoms with Gasteiger partial charge in [-0.25, -0.2) is 17.6 Å². The van der Waals surface area contributed by atoms with Crippen LogP contribution in [0, 0.1) is 23.3 Å². The van der Waals surface area contributed by atoms with Gasteiger partial charge in [0.1, 0.15) is 5.82 Å². The summed E-state index contributed by atoms with van der Waals surface area (Å²) in [6.45, 7) is 2.17. The van der Waals surface area contributed by atoms with E-state index < -0.39 is 23.3 Å². The lowest BCUT2D eigenvalue weighted by atomic mass is 9.86. The van der Waals surface area contributed by atoms with E-state index in [1.54, 1.807) is 6.07 Å². The fourth-order valence-electron chi connectivity index (χ4n) is 3.94. The molecule has 0 saturated carbocycles. The second-order valence-corrected chi connectivity index (χ2v) is 7.75. The molecule has 0 aromatic heterocycles. The first-order valence-electron chi connectivity index (χ1n) is 10.2. The van der Waals surface area contributed by atoms with E-state index in [1.165, 1.54) is 18.1 Å². The highest BCUT2D eigenvalue weighted by Gasteiger charge is 2.18. The molecule has 1 aliphatic carbocycles. The summed E-state index contributed by atoms with van der Waals surface area (Å²) < 4.78 is 55.2. The quantitative estimate of drug-likeness (QED) is 0.298. The van der Waals surface area contributed by atoms with Gasteiger partial charge in [-0.2, -0.15) is 0 Å². The van der Waals surface area contributed by atoms with Gasteiger partial charge in [0.25, 0.3) is 0 Å². The van der Waals surface area contributed by atoms with E-state index >= 15 is 0 Å². The predicted molar refractivity (Wildman–Crippen MR) is 113 cm³/mol. The maximum Gasteiger partial charge on any atom is 0.194 e. The zero-order chi connectivity index (χ0) is 21.3. The molecule has 0 nitrogen and oxygen atoms in total. The van der Waals surface area contributed by atoms with Gasteiger partial charge in [0.2, 0.25) is 0 Å². The molecule has 0 radical (unpaired) electrons. The minimum absolute atomic E-state index is 0.0101. The van der Waals surface area contributed by atoms with Crippen LogP contribution in [0.4, 0.5) is 17.6 Å². The van der Waals surface area contributed by atoms with Gasteiger partial charge in [0.05, 0.1) is 0 Å². The molecule has 4 heteroatoms. The molecule has 30 heavy (non-hydrogen) atoms. The van der Waals surface area contributed by atoms with Crippen molar-refractivity contribution < 1.29 is 17.6 Å². The van der Waals surface area contributed by atoms with Crippen molar-refractivity contribution in [2.75, 3.05) is 0 Å². The maximum atomic E-state index is 14.8. The number of halogens is 4. The Balaban J connectivity index is 1.65. The lowest BCUT2D eigenvalue weighted by Crippen LogP contribution is -2.02. The van der Waals surface area contributed by atoms with Gasteiger partial charge in [-0.3, -0.25) is 0 Å². The predicted octanol–water partition coefficient (Wildman–Crippen LogP) is 7.74. The third-order valence-corrected chi connectivity index (χ3v) is 5.66. The second kappa shape index (κ2) is 8.47. The average molecular weight is 410 g/mol. The van der Waals surface area contributed by atoms with Crippen LogP contribution in [0.15, 0.2) is 48.5 Å². The Bertz CT molecular complexity index is 1090. The Hall–Kier alpha value is -2.88. The van der Waals surface area contributed by atoms with E-state index in [0.29, 0.717) is 6.42 Å². The van der Waals surface area contributed by atoms with Crippen molar-refractivity contribution in [1.82, 2.24) is 0 Å². The molecule has 1 aliphatic rings. The molecule has 0 heterocycles. The lowest BCUT2D eigenvalue weighted by Gasteiger charge is -2.19. The first-order valence-corrected chi connectivity index (χ1v) is 10.2. The van der Waals surface area contributed by atoms with Crippen LogP contribution in [0.3, 0.4) is 0 Å². The molecule has 4 rings (SSSR count). The minimum Gasteiger partial charge on any atom is -0.206 e. The maximum absolute atomic E-state index is 14.8. The van der Waals surface area contributed by atoms with Crippen molar-refractivity contribution in [1.29, 1.82) is 0 Å². The summed E-state index contributed by atoms with van der Waals surface area (Å²) in [5.41, 5.74) is 5.29. The number of unbranched alkanes of at least 4 members (excludes halogenated alkanes) is 1.